The van der Waals surface area contributed by atoms with Gasteiger partial charge >= 0.3 is 5.97 Å². The van der Waals surface area contributed by atoms with Gasteiger partial charge in [-0.15, -0.1) is 0 Å². The van der Waals surface area contributed by atoms with E-state index >= 15 is 0 Å². The summed E-state index contributed by atoms with van der Waals surface area (Å²) >= 11 is 4.09. The van der Waals surface area contributed by atoms with Gasteiger partial charge in [-0.25, -0.2) is 0 Å². The third-order valence-corrected chi connectivity index (χ3v) is 2.62. The number of carboxylic acid groups (broad SMARTS) is 1. The maximum atomic E-state index is 11.0. The molecule has 0 unspecified atom stereocenters. The summed E-state index contributed by atoms with van der Waals surface area (Å²) in [6.07, 6.45) is 1.39. The van der Waals surface area contributed by atoms with Crippen LogP contribution < -0.4 is 5.32 Å². The number of aliphatic carboxylic acids is 1. The quantitative estimate of drug-likeness (QED) is 0.500. The van der Waals surface area contributed by atoms with Crippen LogP contribution in [0, 0.1) is 0 Å². The second-order valence-corrected chi connectivity index (χ2v) is 4.06. The van der Waals surface area contributed by atoms with E-state index in [0.717, 1.165) is 17.7 Å². The van der Waals surface area contributed by atoms with E-state index in [1.165, 1.54) is 0 Å². The van der Waals surface area contributed by atoms with Gasteiger partial charge in [-0.2, -0.15) is 12.6 Å². The maximum absolute atomic E-state index is 11.0. The summed E-state index contributed by atoms with van der Waals surface area (Å²) in [5, 5.41) is 12.1. The molecular weight excluding hydrogens is 222 g/mol. The number of rotatable bonds is 7. The van der Waals surface area contributed by atoms with Crippen LogP contribution in [0.1, 0.15) is 12.0 Å². The minimum Gasteiger partial charge on any atom is -0.480 e. The number of carbonyl (C=O) groups is 1. The maximum Gasteiger partial charge on any atom is 0.321 e. The number of hydrogen-bond acceptors (Lipinski definition) is 3. The number of benzene rings is 1. The number of nitrogens with one attached hydrogen (secondary N) is 1. The summed E-state index contributed by atoms with van der Waals surface area (Å²) in [4.78, 5) is 11.0. The summed E-state index contributed by atoms with van der Waals surface area (Å²) in [6, 6.07) is 9.13. The molecule has 0 aliphatic heterocycles. The second kappa shape index (κ2) is 7.30. The van der Waals surface area contributed by atoms with Crippen molar-refractivity contribution in [1.29, 1.82) is 0 Å². The Morgan fingerprint density at radius 3 is 2.62 bits per heavy atom. The van der Waals surface area contributed by atoms with Crippen LogP contribution in [0.15, 0.2) is 30.3 Å². The number of carboxylic acids is 1. The Labute approximate surface area is 101 Å². The van der Waals surface area contributed by atoms with Crippen LogP contribution in [-0.2, 0) is 11.2 Å². The summed E-state index contributed by atoms with van der Waals surface area (Å²) in [5.41, 5.74) is 1.04. The first-order valence-corrected chi connectivity index (χ1v) is 5.98. The SMILES string of the molecule is O=C(O)[C@H](Cc1ccccc1)NCCCS. The molecule has 2 N–H and O–H groups in total. The van der Waals surface area contributed by atoms with E-state index in [0.29, 0.717) is 13.0 Å². The fraction of sp³-hybridized carbons (Fsp3) is 0.417. The molecule has 0 saturated heterocycles. The highest BCUT2D eigenvalue weighted by molar-refractivity contribution is 7.80. The van der Waals surface area contributed by atoms with Gasteiger partial charge < -0.3 is 10.4 Å². The molecular formula is C12H17NO2S. The minimum atomic E-state index is -0.803. The van der Waals surface area contributed by atoms with E-state index in [-0.39, 0.29) is 0 Å². The number of hydrogen-bond donors (Lipinski definition) is 3. The minimum absolute atomic E-state index is 0.512. The first kappa shape index (κ1) is 13.1. The zero-order valence-electron chi connectivity index (χ0n) is 9.10. The molecule has 16 heavy (non-hydrogen) atoms. The Morgan fingerprint density at radius 1 is 1.38 bits per heavy atom. The topological polar surface area (TPSA) is 49.3 Å². The third kappa shape index (κ3) is 4.68. The van der Waals surface area contributed by atoms with E-state index in [1.807, 2.05) is 30.3 Å². The van der Waals surface area contributed by atoms with Gasteiger partial charge in [-0.3, -0.25) is 4.79 Å². The standard InChI is InChI=1S/C12H17NO2S/c14-12(15)11(13-7-4-8-16)9-10-5-2-1-3-6-10/h1-3,5-6,11,13,16H,4,7-9H2,(H,14,15)/t11-/m0/s1. The van der Waals surface area contributed by atoms with Gasteiger partial charge in [0.25, 0.3) is 0 Å². The molecule has 0 aliphatic carbocycles. The lowest BCUT2D eigenvalue weighted by Gasteiger charge is -2.14. The molecule has 88 valence electrons. The van der Waals surface area contributed by atoms with Crippen molar-refractivity contribution >= 4 is 18.6 Å². The Balaban J connectivity index is 2.48. The van der Waals surface area contributed by atoms with E-state index < -0.39 is 12.0 Å². The molecule has 1 rings (SSSR count). The molecule has 0 radical (unpaired) electrons. The van der Waals surface area contributed by atoms with Crippen molar-refractivity contribution in [3.8, 4) is 0 Å². The van der Waals surface area contributed by atoms with Crippen molar-refractivity contribution in [2.24, 2.45) is 0 Å². The fourth-order valence-electron chi connectivity index (χ4n) is 1.45. The monoisotopic (exact) mass is 239 g/mol. The third-order valence-electron chi connectivity index (χ3n) is 2.31. The lowest BCUT2D eigenvalue weighted by molar-refractivity contribution is -0.139. The Kier molecular flexibility index (Phi) is 5.96. The van der Waals surface area contributed by atoms with E-state index in [9.17, 15) is 4.79 Å². The first-order valence-electron chi connectivity index (χ1n) is 5.35. The van der Waals surface area contributed by atoms with Crippen LogP contribution in [0.4, 0.5) is 0 Å². The zero-order chi connectivity index (χ0) is 11.8. The molecule has 0 heterocycles. The highest BCUT2D eigenvalue weighted by Crippen LogP contribution is 2.03. The van der Waals surface area contributed by atoms with E-state index in [2.05, 4.69) is 17.9 Å². The summed E-state index contributed by atoms with van der Waals surface area (Å²) in [6.45, 7) is 0.688. The summed E-state index contributed by atoms with van der Waals surface area (Å²) in [7, 11) is 0. The van der Waals surface area contributed by atoms with Crippen molar-refractivity contribution in [2.75, 3.05) is 12.3 Å². The summed E-state index contributed by atoms with van der Waals surface area (Å²) < 4.78 is 0. The molecule has 0 spiro atoms. The van der Waals surface area contributed by atoms with Gasteiger partial charge in [-0.1, -0.05) is 30.3 Å². The van der Waals surface area contributed by atoms with Crippen molar-refractivity contribution in [2.45, 2.75) is 18.9 Å². The largest absolute Gasteiger partial charge is 0.480 e. The van der Waals surface area contributed by atoms with Gasteiger partial charge in [0.05, 0.1) is 0 Å². The van der Waals surface area contributed by atoms with Gasteiger partial charge in [0, 0.05) is 0 Å². The Bertz CT molecular complexity index is 316. The average molecular weight is 239 g/mol. The van der Waals surface area contributed by atoms with Crippen LogP contribution in [0.2, 0.25) is 0 Å². The Morgan fingerprint density at radius 2 is 2.06 bits per heavy atom. The molecule has 0 amide bonds. The van der Waals surface area contributed by atoms with Crippen LogP contribution in [-0.4, -0.2) is 29.4 Å². The van der Waals surface area contributed by atoms with E-state index in [4.69, 9.17) is 5.11 Å². The van der Waals surface area contributed by atoms with Crippen LogP contribution in [0.25, 0.3) is 0 Å². The van der Waals surface area contributed by atoms with Gasteiger partial charge in [0.15, 0.2) is 0 Å². The highest BCUT2D eigenvalue weighted by Gasteiger charge is 2.16. The lowest BCUT2D eigenvalue weighted by atomic mass is 10.1. The molecule has 0 aliphatic rings. The predicted molar refractivity (Wildman–Crippen MR) is 68.0 cm³/mol. The fourth-order valence-corrected chi connectivity index (χ4v) is 1.61. The molecule has 0 fully saturated rings. The lowest BCUT2D eigenvalue weighted by Crippen LogP contribution is -2.39. The summed E-state index contributed by atoms with van der Waals surface area (Å²) in [5.74, 6) is -0.0342. The molecule has 0 bridgehead atoms. The molecule has 0 aromatic heterocycles. The molecule has 1 aromatic carbocycles. The predicted octanol–water partition coefficient (Wildman–Crippen LogP) is 1.59. The van der Waals surface area contributed by atoms with Crippen molar-refractivity contribution in [1.82, 2.24) is 5.32 Å². The second-order valence-electron chi connectivity index (χ2n) is 3.61. The first-order chi connectivity index (χ1) is 7.74. The van der Waals surface area contributed by atoms with Crippen molar-refractivity contribution in [3.05, 3.63) is 35.9 Å². The number of thiol groups is 1. The smallest absolute Gasteiger partial charge is 0.321 e. The average Bonchev–Trinajstić information content (AvgIpc) is 2.29. The van der Waals surface area contributed by atoms with Gasteiger partial charge in [0.1, 0.15) is 6.04 Å². The molecule has 4 heteroatoms. The molecule has 3 nitrogen and oxygen atoms in total. The molecule has 1 aromatic rings. The van der Waals surface area contributed by atoms with Crippen LogP contribution in [0.3, 0.4) is 0 Å². The van der Waals surface area contributed by atoms with Gasteiger partial charge in [-0.05, 0) is 30.7 Å². The van der Waals surface area contributed by atoms with Crippen molar-refractivity contribution in [3.63, 3.8) is 0 Å². The zero-order valence-corrected chi connectivity index (χ0v) is 9.99. The van der Waals surface area contributed by atoms with E-state index in [1.54, 1.807) is 0 Å². The van der Waals surface area contributed by atoms with Crippen LogP contribution >= 0.6 is 12.6 Å². The normalized spacial score (nSPS) is 12.3. The Hall–Kier alpha value is -1.00. The molecule has 0 saturated carbocycles. The van der Waals surface area contributed by atoms with Crippen molar-refractivity contribution < 1.29 is 9.90 Å². The van der Waals surface area contributed by atoms with Gasteiger partial charge in [0.2, 0.25) is 0 Å². The molecule has 1 atom stereocenters. The highest BCUT2D eigenvalue weighted by atomic mass is 32.1. The van der Waals surface area contributed by atoms with Crippen LogP contribution in [0.5, 0.6) is 0 Å².